The first-order valence-corrected chi connectivity index (χ1v) is 12.3. The Morgan fingerprint density at radius 1 is 1.03 bits per heavy atom. The lowest BCUT2D eigenvalue weighted by Crippen LogP contribution is -2.54. The number of hydrogen-bond acceptors (Lipinski definition) is 7. The zero-order valence-corrected chi connectivity index (χ0v) is 22.5. The van der Waals surface area contributed by atoms with E-state index in [1.54, 1.807) is 39.0 Å². The minimum atomic E-state index is -1.20. The molecule has 3 N–H and O–H groups in total. The molecule has 0 radical (unpaired) electrons. The summed E-state index contributed by atoms with van der Waals surface area (Å²) in [5, 5.41) is 15.0. The Morgan fingerprint density at radius 2 is 1.71 bits per heavy atom. The van der Waals surface area contributed by atoms with Crippen LogP contribution in [-0.4, -0.2) is 72.3 Å². The van der Waals surface area contributed by atoms with Gasteiger partial charge in [0, 0.05) is 13.0 Å². The highest BCUT2D eigenvalue weighted by Crippen LogP contribution is 2.24. The first-order chi connectivity index (χ1) is 17.9. The number of carbonyl (C=O) groups is 4. The number of alkyl carbamates (subject to hydrolysis) is 1. The van der Waals surface area contributed by atoms with Gasteiger partial charge in [0.25, 0.3) is 0 Å². The molecule has 38 heavy (non-hydrogen) atoms. The molecule has 0 aliphatic carbocycles. The first kappa shape index (κ1) is 30.3. The van der Waals surface area contributed by atoms with Crippen molar-refractivity contribution in [3.05, 3.63) is 71.3 Å². The lowest BCUT2D eigenvalue weighted by molar-refractivity contribution is -0.145. The third-order valence-corrected chi connectivity index (χ3v) is 5.45. The number of esters is 1. The van der Waals surface area contributed by atoms with Crippen LogP contribution in [0.15, 0.2) is 54.6 Å². The largest absolute Gasteiger partial charge is 0.468 e. The standard InChI is InChI=1S/C28H37N3O7/c1-19-10-9-13-21(16-19)24(25(34)29-18-23(33)37-5)31(14-15-32)26(35)22(17-20-11-7-6-8-12-20)30-27(36)38-28(2,3)4/h6-13,16,22,24,32H,14-15,17-18H2,1-5H3,(H,29,34)(H,30,36). The van der Waals surface area contributed by atoms with E-state index in [9.17, 15) is 24.3 Å². The van der Waals surface area contributed by atoms with Gasteiger partial charge >= 0.3 is 12.1 Å². The Bertz CT molecular complexity index is 1100. The summed E-state index contributed by atoms with van der Waals surface area (Å²) < 4.78 is 9.99. The molecular formula is C28H37N3O7. The molecule has 2 aromatic carbocycles. The number of rotatable bonds is 11. The van der Waals surface area contributed by atoms with Gasteiger partial charge in [0.05, 0.1) is 13.7 Å². The molecule has 2 aromatic rings. The van der Waals surface area contributed by atoms with E-state index >= 15 is 0 Å². The topological polar surface area (TPSA) is 134 Å². The predicted molar refractivity (Wildman–Crippen MR) is 141 cm³/mol. The summed E-state index contributed by atoms with van der Waals surface area (Å²) in [6.07, 6.45) is -0.677. The summed E-state index contributed by atoms with van der Waals surface area (Å²) in [5.41, 5.74) is 1.29. The summed E-state index contributed by atoms with van der Waals surface area (Å²) in [6, 6.07) is 13.8. The zero-order valence-electron chi connectivity index (χ0n) is 22.5. The van der Waals surface area contributed by atoms with Crippen LogP contribution in [0.4, 0.5) is 4.79 Å². The second kappa shape index (κ2) is 14.1. The molecule has 0 saturated heterocycles. The van der Waals surface area contributed by atoms with Gasteiger partial charge in [0.2, 0.25) is 11.8 Å². The van der Waals surface area contributed by atoms with E-state index in [4.69, 9.17) is 4.74 Å². The van der Waals surface area contributed by atoms with E-state index in [1.807, 2.05) is 43.3 Å². The van der Waals surface area contributed by atoms with Crippen LogP contribution in [0.5, 0.6) is 0 Å². The second-order valence-electron chi connectivity index (χ2n) is 9.75. The van der Waals surface area contributed by atoms with Gasteiger partial charge in [-0.3, -0.25) is 14.4 Å². The van der Waals surface area contributed by atoms with Crippen molar-refractivity contribution >= 4 is 23.9 Å². The van der Waals surface area contributed by atoms with E-state index in [2.05, 4.69) is 15.4 Å². The van der Waals surface area contributed by atoms with Crippen LogP contribution < -0.4 is 10.6 Å². The molecule has 206 valence electrons. The minimum Gasteiger partial charge on any atom is -0.468 e. The normalized spacial score (nSPS) is 12.6. The van der Waals surface area contributed by atoms with Crippen LogP contribution in [-0.2, 0) is 30.3 Å². The maximum Gasteiger partial charge on any atom is 0.408 e. The Hall–Kier alpha value is -3.92. The summed E-state index contributed by atoms with van der Waals surface area (Å²) in [7, 11) is 1.20. The van der Waals surface area contributed by atoms with Gasteiger partial charge in [0.15, 0.2) is 0 Å². The number of nitrogens with one attached hydrogen (secondary N) is 2. The highest BCUT2D eigenvalue weighted by atomic mass is 16.6. The van der Waals surface area contributed by atoms with Crippen molar-refractivity contribution in [1.29, 1.82) is 0 Å². The van der Waals surface area contributed by atoms with Crippen LogP contribution in [0.1, 0.15) is 43.5 Å². The highest BCUT2D eigenvalue weighted by Gasteiger charge is 2.36. The second-order valence-corrected chi connectivity index (χ2v) is 9.75. The van der Waals surface area contributed by atoms with E-state index in [0.29, 0.717) is 5.56 Å². The molecule has 0 fully saturated rings. The van der Waals surface area contributed by atoms with Crippen molar-refractivity contribution in [1.82, 2.24) is 15.5 Å². The van der Waals surface area contributed by atoms with Gasteiger partial charge in [-0.2, -0.15) is 0 Å². The van der Waals surface area contributed by atoms with E-state index < -0.39 is 54.7 Å². The monoisotopic (exact) mass is 527 g/mol. The molecule has 10 nitrogen and oxygen atoms in total. The smallest absolute Gasteiger partial charge is 0.408 e. The number of hydrogen-bond donors (Lipinski definition) is 3. The fraction of sp³-hybridized carbons (Fsp3) is 0.429. The molecule has 10 heteroatoms. The van der Waals surface area contributed by atoms with Gasteiger partial charge < -0.3 is 30.1 Å². The van der Waals surface area contributed by atoms with Crippen LogP contribution in [0, 0.1) is 6.92 Å². The Labute approximate surface area is 223 Å². The molecule has 0 bridgehead atoms. The van der Waals surface area contributed by atoms with E-state index in [1.165, 1.54) is 12.0 Å². The van der Waals surface area contributed by atoms with Crippen molar-refractivity contribution in [2.24, 2.45) is 0 Å². The SMILES string of the molecule is COC(=O)CNC(=O)C(c1cccc(C)c1)N(CCO)C(=O)C(Cc1ccccc1)NC(=O)OC(C)(C)C. The van der Waals surface area contributed by atoms with Crippen LogP contribution >= 0.6 is 0 Å². The van der Waals surface area contributed by atoms with Gasteiger partial charge in [-0.1, -0.05) is 60.2 Å². The number of ether oxygens (including phenoxy) is 2. The molecular weight excluding hydrogens is 490 g/mol. The zero-order chi connectivity index (χ0) is 28.3. The van der Waals surface area contributed by atoms with E-state index in [0.717, 1.165) is 11.1 Å². The van der Waals surface area contributed by atoms with Gasteiger partial charge in [-0.15, -0.1) is 0 Å². The number of nitrogens with zero attached hydrogens (tertiary/aromatic N) is 1. The molecule has 0 saturated carbocycles. The summed E-state index contributed by atoms with van der Waals surface area (Å²) in [5.74, 6) is -1.90. The Morgan fingerprint density at radius 3 is 2.29 bits per heavy atom. The van der Waals surface area contributed by atoms with Gasteiger partial charge in [-0.05, 0) is 38.8 Å². The molecule has 2 unspecified atom stereocenters. The average Bonchev–Trinajstić information content (AvgIpc) is 2.85. The first-order valence-electron chi connectivity index (χ1n) is 12.3. The number of methoxy groups -OCH3 is 1. The fourth-order valence-electron chi connectivity index (χ4n) is 3.82. The Balaban J connectivity index is 2.49. The minimum absolute atomic E-state index is 0.116. The fourth-order valence-corrected chi connectivity index (χ4v) is 3.82. The lowest BCUT2D eigenvalue weighted by Gasteiger charge is -2.34. The van der Waals surface area contributed by atoms with Crippen molar-refractivity contribution in [2.45, 2.75) is 51.8 Å². The van der Waals surface area contributed by atoms with Crippen LogP contribution in [0.2, 0.25) is 0 Å². The molecule has 0 spiro atoms. The van der Waals surface area contributed by atoms with Gasteiger partial charge in [0.1, 0.15) is 24.2 Å². The third kappa shape index (κ3) is 9.51. The lowest BCUT2D eigenvalue weighted by atomic mass is 9.99. The average molecular weight is 528 g/mol. The highest BCUT2D eigenvalue weighted by molar-refractivity contribution is 5.93. The van der Waals surface area contributed by atoms with Crippen molar-refractivity contribution in [3.8, 4) is 0 Å². The number of amides is 3. The molecule has 0 aliphatic heterocycles. The maximum absolute atomic E-state index is 14.0. The number of benzene rings is 2. The molecule has 2 atom stereocenters. The molecule has 2 rings (SSSR count). The number of aliphatic hydroxyl groups excluding tert-OH is 1. The number of carbonyl (C=O) groups excluding carboxylic acids is 4. The molecule has 0 aliphatic rings. The maximum atomic E-state index is 14.0. The number of aryl methyl sites for hydroxylation is 1. The van der Waals surface area contributed by atoms with Crippen LogP contribution in [0.3, 0.4) is 0 Å². The quantitative estimate of drug-likeness (QED) is 0.382. The van der Waals surface area contributed by atoms with E-state index in [-0.39, 0.29) is 13.0 Å². The molecule has 3 amide bonds. The summed E-state index contributed by atoms with van der Waals surface area (Å²) in [6.45, 7) is 5.91. The Kier molecular flexibility index (Phi) is 11.3. The summed E-state index contributed by atoms with van der Waals surface area (Å²) in [4.78, 5) is 53.0. The molecule has 0 heterocycles. The third-order valence-electron chi connectivity index (χ3n) is 5.45. The molecule has 0 aromatic heterocycles. The van der Waals surface area contributed by atoms with Crippen molar-refractivity contribution in [2.75, 3.05) is 26.8 Å². The number of aliphatic hydroxyl groups is 1. The van der Waals surface area contributed by atoms with Crippen LogP contribution in [0.25, 0.3) is 0 Å². The van der Waals surface area contributed by atoms with Crippen molar-refractivity contribution < 1.29 is 33.8 Å². The summed E-state index contributed by atoms with van der Waals surface area (Å²) >= 11 is 0. The van der Waals surface area contributed by atoms with Crippen molar-refractivity contribution in [3.63, 3.8) is 0 Å². The predicted octanol–water partition coefficient (Wildman–Crippen LogP) is 2.28. The van der Waals surface area contributed by atoms with Gasteiger partial charge in [-0.25, -0.2) is 4.79 Å².